The van der Waals surface area contributed by atoms with Crippen LogP contribution in [0.4, 0.5) is 5.69 Å². The fraction of sp³-hybridized carbons (Fsp3) is 0.174. The van der Waals surface area contributed by atoms with Crippen LogP contribution in [0.15, 0.2) is 71.3 Å². The Balaban J connectivity index is 2.05. The number of allylic oxidation sites excluding steroid dienone is 1. The molecule has 3 aromatic rings. The van der Waals surface area contributed by atoms with Crippen molar-refractivity contribution in [2.24, 2.45) is 0 Å². The van der Waals surface area contributed by atoms with Gasteiger partial charge in [0.15, 0.2) is 5.78 Å². The van der Waals surface area contributed by atoms with Gasteiger partial charge in [-0.15, -0.1) is 0 Å². The highest BCUT2D eigenvalue weighted by Gasteiger charge is 2.21. The molecule has 0 aliphatic heterocycles. The molecule has 0 saturated carbocycles. The van der Waals surface area contributed by atoms with Gasteiger partial charge in [-0.1, -0.05) is 43.7 Å². The van der Waals surface area contributed by atoms with Gasteiger partial charge in [-0.25, -0.2) is 0 Å². The summed E-state index contributed by atoms with van der Waals surface area (Å²) in [4.78, 5) is 23.8. The van der Waals surface area contributed by atoms with Gasteiger partial charge in [0.1, 0.15) is 11.3 Å². The molecule has 0 spiro atoms. The number of nitro groups is 1. The molecule has 0 saturated heterocycles. The van der Waals surface area contributed by atoms with E-state index in [4.69, 9.17) is 4.42 Å². The van der Waals surface area contributed by atoms with Crippen molar-refractivity contribution in [1.82, 2.24) is 0 Å². The van der Waals surface area contributed by atoms with Gasteiger partial charge >= 0.3 is 0 Å². The van der Waals surface area contributed by atoms with E-state index in [1.165, 1.54) is 6.07 Å². The van der Waals surface area contributed by atoms with E-state index in [1.54, 1.807) is 48.7 Å². The second-order valence-corrected chi connectivity index (χ2v) is 6.48. The molecule has 0 atom stereocenters. The fourth-order valence-electron chi connectivity index (χ4n) is 3.03. The Hall–Kier alpha value is -3.47. The first kappa shape index (κ1) is 19.3. The first-order chi connectivity index (χ1) is 13.6. The van der Waals surface area contributed by atoms with E-state index in [0.717, 1.165) is 36.2 Å². The number of rotatable bonds is 8. The first-order valence-corrected chi connectivity index (χ1v) is 9.22. The van der Waals surface area contributed by atoms with Gasteiger partial charge in [0.2, 0.25) is 0 Å². The second kappa shape index (κ2) is 8.95. The Labute approximate surface area is 163 Å². The normalized spacial score (nSPS) is 11.4. The number of ketones is 1. The Morgan fingerprint density at radius 3 is 2.54 bits per heavy atom. The van der Waals surface area contributed by atoms with Crippen LogP contribution in [0.5, 0.6) is 0 Å². The molecular weight excluding hydrogens is 354 g/mol. The molecule has 0 radical (unpaired) electrons. The van der Waals surface area contributed by atoms with Crippen molar-refractivity contribution in [1.29, 1.82) is 0 Å². The summed E-state index contributed by atoms with van der Waals surface area (Å²) >= 11 is 0. The summed E-state index contributed by atoms with van der Waals surface area (Å²) in [7, 11) is 0. The third-order valence-corrected chi connectivity index (χ3v) is 4.48. The molecule has 0 amide bonds. The Kier molecular flexibility index (Phi) is 6.17. The lowest BCUT2D eigenvalue weighted by molar-refractivity contribution is -0.385. The van der Waals surface area contributed by atoms with Gasteiger partial charge in [-0.3, -0.25) is 14.9 Å². The maximum atomic E-state index is 12.9. The highest BCUT2D eigenvalue weighted by Crippen LogP contribution is 2.28. The monoisotopic (exact) mass is 375 g/mol. The van der Waals surface area contributed by atoms with Crippen LogP contribution >= 0.6 is 0 Å². The van der Waals surface area contributed by atoms with Crippen molar-refractivity contribution in [3.8, 4) is 0 Å². The van der Waals surface area contributed by atoms with Crippen molar-refractivity contribution in [3.63, 3.8) is 0 Å². The average molecular weight is 375 g/mol. The molecule has 5 nitrogen and oxygen atoms in total. The lowest BCUT2D eigenvalue weighted by Gasteiger charge is -2.07. The minimum atomic E-state index is -0.520. The molecule has 0 unspecified atom stereocenters. The van der Waals surface area contributed by atoms with Gasteiger partial charge in [-0.2, -0.15) is 0 Å². The molecule has 0 fully saturated rings. The predicted octanol–water partition coefficient (Wildman–Crippen LogP) is 6.15. The largest absolute Gasteiger partial charge is 0.465 e. The van der Waals surface area contributed by atoms with Crippen molar-refractivity contribution in [2.75, 3.05) is 0 Å². The zero-order valence-electron chi connectivity index (χ0n) is 15.6. The highest BCUT2D eigenvalue weighted by atomic mass is 16.6. The summed E-state index contributed by atoms with van der Waals surface area (Å²) in [5.41, 5.74) is 2.04. The van der Waals surface area contributed by atoms with E-state index in [0.29, 0.717) is 5.56 Å². The third kappa shape index (κ3) is 4.43. The standard InChI is InChI=1S/C23H21NO4/c1-2-3-8-19(22-11-7-14-28-22)15-17-12-13-21(24(26)27)20(16-17)23(25)18-9-5-4-6-10-18/h4-7,9-16H,2-3,8H2,1H3. The van der Waals surface area contributed by atoms with Crippen molar-refractivity contribution < 1.29 is 14.1 Å². The van der Waals surface area contributed by atoms with Gasteiger partial charge in [-0.05, 0) is 54.3 Å². The number of nitrogens with zero attached hydrogens (tertiary/aromatic N) is 1. The van der Waals surface area contributed by atoms with Crippen molar-refractivity contribution >= 4 is 23.1 Å². The number of carbonyl (C=O) groups is 1. The number of furan rings is 1. The van der Waals surface area contributed by atoms with Gasteiger partial charge in [0.25, 0.3) is 5.69 Å². The SMILES string of the molecule is CCCCC(=Cc1ccc([N+](=O)[O-])c(C(=O)c2ccccc2)c1)c1ccco1. The Morgan fingerprint density at radius 1 is 1.11 bits per heavy atom. The number of unbranched alkanes of at least 4 members (excludes halogenated alkanes) is 1. The molecule has 3 rings (SSSR count). The third-order valence-electron chi connectivity index (χ3n) is 4.48. The second-order valence-electron chi connectivity index (χ2n) is 6.48. The summed E-state index contributed by atoms with van der Waals surface area (Å²) in [6.45, 7) is 2.11. The quantitative estimate of drug-likeness (QED) is 0.269. The number of benzene rings is 2. The summed E-state index contributed by atoms with van der Waals surface area (Å²) in [6, 6.07) is 16.9. The molecule has 28 heavy (non-hydrogen) atoms. The highest BCUT2D eigenvalue weighted by molar-refractivity contribution is 6.11. The number of carbonyl (C=O) groups excluding carboxylic acids is 1. The van der Waals surface area contributed by atoms with Gasteiger partial charge in [0.05, 0.1) is 11.2 Å². The van der Waals surface area contributed by atoms with Gasteiger partial charge < -0.3 is 4.42 Å². The molecular formula is C23H21NO4. The van der Waals surface area contributed by atoms with Crippen LogP contribution in [0.3, 0.4) is 0 Å². The smallest absolute Gasteiger partial charge is 0.280 e. The molecule has 1 aromatic heterocycles. The van der Waals surface area contributed by atoms with E-state index in [2.05, 4.69) is 6.92 Å². The van der Waals surface area contributed by atoms with Crippen LogP contribution in [-0.4, -0.2) is 10.7 Å². The predicted molar refractivity (Wildman–Crippen MR) is 109 cm³/mol. The van der Waals surface area contributed by atoms with E-state index >= 15 is 0 Å². The van der Waals surface area contributed by atoms with Crippen molar-refractivity contribution in [3.05, 3.63) is 99.5 Å². The van der Waals surface area contributed by atoms with E-state index in [-0.39, 0.29) is 17.0 Å². The number of nitro benzene ring substituents is 1. The molecule has 0 bridgehead atoms. The Morgan fingerprint density at radius 2 is 1.89 bits per heavy atom. The maximum absolute atomic E-state index is 12.9. The molecule has 5 heteroatoms. The maximum Gasteiger partial charge on any atom is 0.280 e. The van der Waals surface area contributed by atoms with E-state index in [1.807, 2.05) is 18.2 Å². The first-order valence-electron chi connectivity index (χ1n) is 9.22. The summed E-state index contributed by atoms with van der Waals surface area (Å²) in [5, 5.41) is 11.4. The number of hydrogen-bond acceptors (Lipinski definition) is 4. The Bertz CT molecular complexity index is 989. The topological polar surface area (TPSA) is 73.3 Å². The van der Waals surface area contributed by atoms with Crippen LogP contribution in [0, 0.1) is 10.1 Å². The zero-order valence-corrected chi connectivity index (χ0v) is 15.6. The molecule has 0 aliphatic rings. The van der Waals surface area contributed by atoms with E-state index in [9.17, 15) is 14.9 Å². The lowest BCUT2D eigenvalue weighted by atomic mass is 9.97. The molecule has 142 valence electrons. The molecule has 1 heterocycles. The van der Waals surface area contributed by atoms with Crippen LogP contribution in [0.2, 0.25) is 0 Å². The van der Waals surface area contributed by atoms with Crippen LogP contribution in [-0.2, 0) is 0 Å². The summed E-state index contributed by atoms with van der Waals surface area (Å²) in [5.74, 6) is 0.401. The van der Waals surface area contributed by atoms with E-state index < -0.39 is 4.92 Å². The molecule has 2 aromatic carbocycles. The summed E-state index contributed by atoms with van der Waals surface area (Å²) in [6.07, 6.45) is 6.41. The molecule has 0 N–H and O–H groups in total. The lowest BCUT2D eigenvalue weighted by Crippen LogP contribution is -2.05. The molecule has 0 aliphatic carbocycles. The minimum Gasteiger partial charge on any atom is -0.465 e. The van der Waals surface area contributed by atoms with Crippen LogP contribution < -0.4 is 0 Å². The van der Waals surface area contributed by atoms with Crippen LogP contribution in [0.25, 0.3) is 11.6 Å². The van der Waals surface area contributed by atoms with Crippen molar-refractivity contribution in [2.45, 2.75) is 26.2 Å². The average Bonchev–Trinajstić information content (AvgIpc) is 3.25. The number of hydrogen-bond donors (Lipinski definition) is 0. The zero-order chi connectivity index (χ0) is 19.9. The fourth-order valence-corrected chi connectivity index (χ4v) is 3.03. The minimum absolute atomic E-state index is 0.0826. The van der Waals surface area contributed by atoms with Crippen LogP contribution in [0.1, 0.15) is 53.4 Å². The van der Waals surface area contributed by atoms with Gasteiger partial charge in [0, 0.05) is 11.6 Å². The summed E-state index contributed by atoms with van der Waals surface area (Å²) < 4.78 is 5.53.